The van der Waals surface area contributed by atoms with Gasteiger partial charge in [-0.15, -0.1) is 0 Å². The van der Waals surface area contributed by atoms with Gasteiger partial charge in [0.1, 0.15) is 5.54 Å². The molecule has 2 N–H and O–H groups in total. The van der Waals surface area contributed by atoms with Crippen molar-refractivity contribution in [3.63, 3.8) is 0 Å². The fourth-order valence-electron chi connectivity index (χ4n) is 2.85. The topological polar surface area (TPSA) is 66.4 Å². The Bertz CT molecular complexity index is 320. The summed E-state index contributed by atoms with van der Waals surface area (Å²) in [5.74, 6) is 1.01. The summed E-state index contributed by atoms with van der Waals surface area (Å²) < 4.78 is 0. The largest absolute Gasteiger partial charge is 0.479 e. The van der Waals surface area contributed by atoms with E-state index in [9.17, 15) is 14.7 Å². The number of thioether (sulfide) groups is 1. The van der Waals surface area contributed by atoms with E-state index >= 15 is 0 Å². The van der Waals surface area contributed by atoms with Crippen LogP contribution in [0.25, 0.3) is 0 Å². The number of carbonyl (C=O) groups is 2. The third-order valence-corrected chi connectivity index (χ3v) is 5.25. The molecule has 1 saturated heterocycles. The molecule has 1 atom stereocenters. The van der Waals surface area contributed by atoms with Crippen LogP contribution in [0.1, 0.15) is 44.9 Å². The van der Waals surface area contributed by atoms with Crippen LogP contribution in [0.4, 0.5) is 0 Å². The summed E-state index contributed by atoms with van der Waals surface area (Å²) in [4.78, 5) is 23.2. The van der Waals surface area contributed by atoms with Crippen molar-refractivity contribution in [2.75, 3.05) is 11.5 Å². The molecule has 0 aromatic heterocycles. The Morgan fingerprint density at radius 2 is 2.06 bits per heavy atom. The van der Waals surface area contributed by atoms with E-state index in [2.05, 4.69) is 5.32 Å². The first kappa shape index (κ1) is 13.7. The SMILES string of the molecule is O=C(CCC1CCCC1)NC1(C(=O)O)CCSC1. The average Bonchev–Trinajstić information content (AvgIpc) is 2.97. The van der Waals surface area contributed by atoms with E-state index in [0.29, 0.717) is 24.5 Å². The fourth-order valence-corrected chi connectivity index (χ4v) is 4.17. The molecule has 2 fully saturated rings. The van der Waals surface area contributed by atoms with Gasteiger partial charge in [0.2, 0.25) is 5.91 Å². The number of amides is 1. The molecule has 5 heteroatoms. The summed E-state index contributed by atoms with van der Waals surface area (Å²) in [5.41, 5.74) is -1.00. The zero-order valence-electron chi connectivity index (χ0n) is 10.6. The standard InChI is InChI=1S/C13H21NO3S/c15-11(6-5-10-3-1-2-4-10)14-13(12(16)17)7-8-18-9-13/h10H,1-9H2,(H,14,15)(H,16,17). The van der Waals surface area contributed by atoms with Crippen molar-refractivity contribution in [2.24, 2.45) is 5.92 Å². The van der Waals surface area contributed by atoms with Crippen LogP contribution in [0.15, 0.2) is 0 Å². The van der Waals surface area contributed by atoms with Gasteiger partial charge in [0.25, 0.3) is 0 Å². The van der Waals surface area contributed by atoms with Crippen molar-refractivity contribution < 1.29 is 14.7 Å². The predicted molar refractivity (Wildman–Crippen MR) is 71.6 cm³/mol. The maximum Gasteiger partial charge on any atom is 0.330 e. The van der Waals surface area contributed by atoms with E-state index in [1.54, 1.807) is 11.8 Å². The average molecular weight is 271 g/mol. The van der Waals surface area contributed by atoms with Crippen LogP contribution in [0.2, 0.25) is 0 Å². The lowest BCUT2D eigenvalue weighted by atomic mass is 9.97. The normalized spacial score (nSPS) is 28.4. The molecule has 102 valence electrons. The Morgan fingerprint density at radius 1 is 1.33 bits per heavy atom. The second kappa shape index (κ2) is 5.95. The number of aliphatic carboxylic acids is 1. The van der Waals surface area contributed by atoms with Gasteiger partial charge in [-0.3, -0.25) is 4.79 Å². The third kappa shape index (κ3) is 3.19. The fraction of sp³-hybridized carbons (Fsp3) is 0.846. The van der Waals surface area contributed by atoms with Crippen molar-refractivity contribution in [3.05, 3.63) is 0 Å². The van der Waals surface area contributed by atoms with Crippen molar-refractivity contribution in [2.45, 2.75) is 50.5 Å². The smallest absolute Gasteiger partial charge is 0.330 e. The molecule has 1 aliphatic heterocycles. The van der Waals surface area contributed by atoms with Crippen LogP contribution >= 0.6 is 11.8 Å². The van der Waals surface area contributed by atoms with Crippen LogP contribution in [-0.4, -0.2) is 34.0 Å². The molecular formula is C13H21NO3S. The summed E-state index contributed by atoms with van der Waals surface area (Å²) in [5, 5.41) is 12.0. The van der Waals surface area contributed by atoms with Crippen molar-refractivity contribution in [1.29, 1.82) is 0 Å². The van der Waals surface area contributed by atoms with Crippen LogP contribution < -0.4 is 5.32 Å². The van der Waals surface area contributed by atoms with Gasteiger partial charge in [-0.1, -0.05) is 25.7 Å². The van der Waals surface area contributed by atoms with E-state index in [4.69, 9.17) is 0 Å². The molecule has 2 aliphatic rings. The molecule has 0 aromatic carbocycles. The molecule has 1 amide bonds. The molecule has 1 heterocycles. The Morgan fingerprint density at radius 3 is 2.61 bits per heavy atom. The van der Waals surface area contributed by atoms with Gasteiger partial charge in [-0.2, -0.15) is 11.8 Å². The minimum atomic E-state index is -1.00. The molecule has 0 aromatic rings. The van der Waals surface area contributed by atoms with Crippen molar-refractivity contribution in [1.82, 2.24) is 5.32 Å². The molecule has 2 rings (SSSR count). The lowest BCUT2D eigenvalue weighted by Crippen LogP contribution is -2.54. The maximum atomic E-state index is 11.9. The summed E-state index contributed by atoms with van der Waals surface area (Å²) in [6.45, 7) is 0. The number of rotatable bonds is 5. The second-order valence-corrected chi connectivity index (χ2v) is 6.53. The Labute approximate surface area is 112 Å². The van der Waals surface area contributed by atoms with Gasteiger partial charge in [0.05, 0.1) is 0 Å². The van der Waals surface area contributed by atoms with E-state index < -0.39 is 11.5 Å². The highest BCUT2D eigenvalue weighted by Gasteiger charge is 2.43. The lowest BCUT2D eigenvalue weighted by Gasteiger charge is -2.24. The molecule has 4 nitrogen and oxygen atoms in total. The number of carboxylic acids is 1. The molecule has 18 heavy (non-hydrogen) atoms. The van der Waals surface area contributed by atoms with Crippen molar-refractivity contribution in [3.8, 4) is 0 Å². The molecule has 1 aliphatic carbocycles. The minimum Gasteiger partial charge on any atom is -0.479 e. The first-order chi connectivity index (χ1) is 8.62. The van der Waals surface area contributed by atoms with E-state index in [0.717, 1.165) is 12.2 Å². The van der Waals surface area contributed by atoms with E-state index in [1.165, 1.54) is 25.7 Å². The summed E-state index contributed by atoms with van der Waals surface area (Å²) in [6, 6.07) is 0. The quantitative estimate of drug-likeness (QED) is 0.803. The first-order valence-electron chi connectivity index (χ1n) is 6.74. The van der Waals surface area contributed by atoms with Crippen LogP contribution in [0.3, 0.4) is 0 Å². The molecule has 1 saturated carbocycles. The minimum absolute atomic E-state index is 0.0909. The van der Waals surface area contributed by atoms with Gasteiger partial charge in [0.15, 0.2) is 0 Å². The lowest BCUT2D eigenvalue weighted by molar-refractivity contribution is -0.146. The van der Waals surface area contributed by atoms with Gasteiger partial charge in [0, 0.05) is 12.2 Å². The Balaban J connectivity index is 1.80. The predicted octanol–water partition coefficient (Wildman–Crippen LogP) is 2.03. The third-order valence-electron chi connectivity index (χ3n) is 4.06. The van der Waals surface area contributed by atoms with Gasteiger partial charge in [-0.05, 0) is 24.5 Å². The highest BCUT2D eigenvalue weighted by Crippen LogP contribution is 2.30. The molecular weight excluding hydrogens is 250 g/mol. The second-order valence-electron chi connectivity index (χ2n) is 5.43. The number of carboxylic acid groups (broad SMARTS) is 1. The van der Waals surface area contributed by atoms with E-state index in [1.807, 2.05) is 0 Å². The molecule has 0 radical (unpaired) electrons. The molecule has 0 spiro atoms. The van der Waals surface area contributed by atoms with Gasteiger partial charge >= 0.3 is 5.97 Å². The van der Waals surface area contributed by atoms with Crippen molar-refractivity contribution >= 4 is 23.6 Å². The molecule has 1 unspecified atom stereocenters. The monoisotopic (exact) mass is 271 g/mol. The zero-order chi connectivity index (χ0) is 13.0. The number of nitrogens with one attached hydrogen (secondary N) is 1. The van der Waals surface area contributed by atoms with Crippen LogP contribution in [0, 0.1) is 5.92 Å². The maximum absolute atomic E-state index is 11.9. The summed E-state index contributed by atoms with van der Waals surface area (Å²) in [6.07, 6.45) is 6.95. The van der Waals surface area contributed by atoms with Gasteiger partial charge in [-0.25, -0.2) is 4.79 Å². The number of carbonyl (C=O) groups excluding carboxylic acids is 1. The van der Waals surface area contributed by atoms with Crippen LogP contribution in [-0.2, 0) is 9.59 Å². The summed E-state index contributed by atoms with van der Waals surface area (Å²) in [7, 11) is 0. The zero-order valence-corrected chi connectivity index (χ0v) is 11.4. The Hall–Kier alpha value is -0.710. The van der Waals surface area contributed by atoms with Gasteiger partial charge < -0.3 is 10.4 Å². The Kier molecular flexibility index (Phi) is 4.54. The molecule has 0 bridgehead atoms. The van der Waals surface area contributed by atoms with E-state index in [-0.39, 0.29) is 5.91 Å². The van der Waals surface area contributed by atoms with Crippen LogP contribution in [0.5, 0.6) is 0 Å². The highest BCUT2D eigenvalue weighted by molar-refractivity contribution is 7.99. The number of hydrogen-bond donors (Lipinski definition) is 2. The highest BCUT2D eigenvalue weighted by atomic mass is 32.2. The summed E-state index contributed by atoms with van der Waals surface area (Å²) >= 11 is 1.60. The first-order valence-corrected chi connectivity index (χ1v) is 7.90. The number of hydrogen-bond acceptors (Lipinski definition) is 3.